The van der Waals surface area contributed by atoms with E-state index >= 15 is 0 Å². The van der Waals surface area contributed by atoms with Gasteiger partial charge >= 0.3 is 6.03 Å². The first-order valence-corrected chi connectivity index (χ1v) is 10.9. The van der Waals surface area contributed by atoms with Crippen LogP contribution in [0.4, 0.5) is 4.79 Å². The first-order valence-electron chi connectivity index (χ1n) is 10.9. The smallest absolute Gasteiger partial charge is 0.325 e. The minimum absolute atomic E-state index is 0.0358. The van der Waals surface area contributed by atoms with Crippen molar-refractivity contribution in [1.82, 2.24) is 15.1 Å². The van der Waals surface area contributed by atoms with Crippen LogP contribution in [0.5, 0.6) is 0 Å². The highest BCUT2D eigenvalue weighted by atomic mass is 16.2. The van der Waals surface area contributed by atoms with Gasteiger partial charge in [0, 0.05) is 7.05 Å². The Hall–Kier alpha value is -3.67. The van der Waals surface area contributed by atoms with Crippen molar-refractivity contribution in [2.75, 3.05) is 13.6 Å². The Kier molecular flexibility index (Phi) is 4.73. The third-order valence-electron chi connectivity index (χ3n) is 6.86. The van der Waals surface area contributed by atoms with E-state index in [0.717, 1.165) is 34.1 Å². The number of fused-ring (bicyclic) bond motifs is 2. The predicted octanol–water partition coefficient (Wildman–Crippen LogP) is 3.75. The van der Waals surface area contributed by atoms with Crippen molar-refractivity contribution in [2.45, 2.75) is 31.3 Å². The third kappa shape index (κ3) is 3.14. The van der Waals surface area contributed by atoms with Crippen LogP contribution in [0.25, 0.3) is 10.8 Å². The summed E-state index contributed by atoms with van der Waals surface area (Å²) in [4.78, 5) is 41.8. The summed E-state index contributed by atoms with van der Waals surface area (Å²) in [6.45, 7) is 1.42. The van der Waals surface area contributed by atoms with Crippen LogP contribution in [0.1, 0.15) is 36.1 Å². The van der Waals surface area contributed by atoms with Crippen molar-refractivity contribution in [1.29, 1.82) is 0 Å². The van der Waals surface area contributed by atoms with Gasteiger partial charge < -0.3 is 10.2 Å². The molecule has 0 bridgehead atoms. The Morgan fingerprint density at radius 2 is 1.78 bits per heavy atom. The van der Waals surface area contributed by atoms with E-state index in [1.807, 2.05) is 60.7 Å². The van der Waals surface area contributed by atoms with Gasteiger partial charge in [0.2, 0.25) is 5.91 Å². The van der Waals surface area contributed by atoms with Crippen LogP contribution in [0, 0.1) is 0 Å². The number of nitrogens with one attached hydrogen (secondary N) is 1. The zero-order chi connectivity index (χ0) is 22.5. The zero-order valence-electron chi connectivity index (χ0n) is 18.2. The molecule has 1 N–H and O–H groups in total. The maximum atomic E-state index is 13.3. The molecule has 162 valence electrons. The van der Waals surface area contributed by atoms with E-state index in [-0.39, 0.29) is 18.5 Å². The number of carbonyl (C=O) groups excluding carboxylic acids is 3. The molecule has 32 heavy (non-hydrogen) atoms. The monoisotopic (exact) mass is 427 g/mol. The summed E-state index contributed by atoms with van der Waals surface area (Å²) in [6, 6.07) is 21.1. The molecular weight excluding hydrogens is 402 g/mol. The van der Waals surface area contributed by atoms with E-state index in [4.69, 9.17) is 0 Å². The molecule has 1 heterocycles. The lowest BCUT2D eigenvalue weighted by molar-refractivity contribution is -0.139. The Labute approximate surface area is 186 Å². The number of carbonyl (C=O) groups is 3. The molecule has 4 amide bonds. The lowest BCUT2D eigenvalue weighted by Crippen LogP contribution is -2.44. The van der Waals surface area contributed by atoms with E-state index < -0.39 is 17.5 Å². The van der Waals surface area contributed by atoms with Crippen LogP contribution in [-0.4, -0.2) is 41.2 Å². The number of likely N-dealkylation sites (N-methyl/N-ethyl adjacent to an activating group) is 1. The second-order valence-electron chi connectivity index (χ2n) is 8.77. The maximum Gasteiger partial charge on any atom is 0.325 e. The molecule has 0 aromatic heterocycles. The average Bonchev–Trinajstić information content (AvgIpc) is 3.33. The van der Waals surface area contributed by atoms with Gasteiger partial charge in [0.15, 0.2) is 0 Å². The van der Waals surface area contributed by atoms with Gasteiger partial charge in [0.25, 0.3) is 5.91 Å². The molecule has 3 aromatic carbocycles. The zero-order valence-corrected chi connectivity index (χ0v) is 18.2. The Morgan fingerprint density at radius 1 is 1.06 bits per heavy atom. The fraction of sp³-hybridized carbons (Fsp3) is 0.269. The van der Waals surface area contributed by atoms with E-state index in [2.05, 4.69) is 11.4 Å². The van der Waals surface area contributed by atoms with Crippen molar-refractivity contribution in [2.24, 2.45) is 0 Å². The summed E-state index contributed by atoms with van der Waals surface area (Å²) in [5.74, 6) is -0.663. The highest BCUT2D eigenvalue weighted by molar-refractivity contribution is 6.09. The quantitative estimate of drug-likeness (QED) is 0.645. The molecule has 2 aliphatic rings. The van der Waals surface area contributed by atoms with Crippen LogP contribution >= 0.6 is 0 Å². The fourth-order valence-corrected chi connectivity index (χ4v) is 4.89. The van der Waals surface area contributed by atoms with Gasteiger partial charge in [-0.1, -0.05) is 60.7 Å². The Morgan fingerprint density at radius 3 is 2.59 bits per heavy atom. The molecule has 6 heteroatoms. The van der Waals surface area contributed by atoms with Crippen molar-refractivity contribution in [3.8, 4) is 0 Å². The Bertz CT molecular complexity index is 1250. The van der Waals surface area contributed by atoms with Crippen molar-refractivity contribution in [3.05, 3.63) is 83.4 Å². The lowest BCUT2D eigenvalue weighted by Gasteiger charge is -2.27. The van der Waals surface area contributed by atoms with Crippen LogP contribution < -0.4 is 5.32 Å². The first-order chi connectivity index (χ1) is 15.4. The fourth-order valence-electron chi connectivity index (χ4n) is 4.89. The van der Waals surface area contributed by atoms with Crippen LogP contribution in [0.3, 0.4) is 0 Å². The molecule has 1 aliphatic heterocycles. The molecule has 2 unspecified atom stereocenters. The maximum absolute atomic E-state index is 13.3. The molecule has 6 nitrogen and oxygen atoms in total. The number of urea groups is 1. The molecule has 1 saturated heterocycles. The summed E-state index contributed by atoms with van der Waals surface area (Å²) >= 11 is 0. The molecule has 0 spiro atoms. The Balaban J connectivity index is 1.36. The highest BCUT2D eigenvalue weighted by Crippen LogP contribution is 2.35. The molecule has 1 fully saturated rings. The highest BCUT2D eigenvalue weighted by Gasteiger charge is 2.50. The molecular formula is C26H25N3O3. The van der Waals surface area contributed by atoms with Gasteiger partial charge in [0.1, 0.15) is 12.1 Å². The van der Waals surface area contributed by atoms with Crippen LogP contribution in [0.15, 0.2) is 66.7 Å². The SMILES string of the molecule is CN(C(=O)CN1C(=O)NC(C)(c2ccc3ccccc3c2)C1=O)C1CCc2ccccc21. The van der Waals surface area contributed by atoms with Gasteiger partial charge in [-0.05, 0) is 53.3 Å². The molecule has 0 saturated carbocycles. The minimum Gasteiger partial charge on any atom is -0.337 e. The van der Waals surface area contributed by atoms with Gasteiger partial charge in [-0.15, -0.1) is 0 Å². The third-order valence-corrected chi connectivity index (χ3v) is 6.86. The average molecular weight is 428 g/mol. The number of imide groups is 1. The number of aryl methyl sites for hydroxylation is 1. The number of rotatable bonds is 4. The number of hydrogen-bond acceptors (Lipinski definition) is 3. The predicted molar refractivity (Wildman–Crippen MR) is 122 cm³/mol. The first kappa shape index (κ1) is 20.2. The molecule has 3 aromatic rings. The van der Waals surface area contributed by atoms with E-state index in [1.54, 1.807) is 18.9 Å². The largest absolute Gasteiger partial charge is 0.337 e. The van der Waals surface area contributed by atoms with Crippen LogP contribution in [-0.2, 0) is 21.5 Å². The lowest BCUT2D eigenvalue weighted by atomic mass is 9.90. The van der Waals surface area contributed by atoms with Gasteiger partial charge in [0.05, 0.1) is 6.04 Å². The van der Waals surface area contributed by atoms with Crippen molar-refractivity contribution < 1.29 is 14.4 Å². The minimum atomic E-state index is -1.21. The summed E-state index contributed by atoms with van der Waals surface area (Å²) < 4.78 is 0. The van der Waals surface area contributed by atoms with Gasteiger partial charge in [-0.25, -0.2) is 4.79 Å². The summed E-state index contributed by atoms with van der Waals surface area (Å²) in [7, 11) is 1.75. The number of benzene rings is 3. The van der Waals surface area contributed by atoms with E-state index in [9.17, 15) is 14.4 Å². The van der Waals surface area contributed by atoms with Crippen molar-refractivity contribution in [3.63, 3.8) is 0 Å². The topological polar surface area (TPSA) is 69.7 Å². The summed E-state index contributed by atoms with van der Waals surface area (Å²) in [5, 5.41) is 4.85. The van der Waals surface area contributed by atoms with Crippen LogP contribution in [0.2, 0.25) is 0 Å². The number of nitrogens with zero attached hydrogens (tertiary/aromatic N) is 2. The van der Waals surface area contributed by atoms with Gasteiger partial charge in [-0.2, -0.15) is 0 Å². The molecule has 1 aliphatic carbocycles. The second-order valence-corrected chi connectivity index (χ2v) is 8.77. The van der Waals surface area contributed by atoms with Crippen molar-refractivity contribution >= 4 is 28.6 Å². The number of hydrogen-bond donors (Lipinski definition) is 1. The van der Waals surface area contributed by atoms with E-state index in [1.165, 1.54) is 5.56 Å². The molecule has 0 radical (unpaired) electrons. The normalized spacial score (nSPS) is 22.2. The summed E-state index contributed by atoms with van der Waals surface area (Å²) in [6.07, 6.45) is 1.76. The molecule has 2 atom stereocenters. The number of amides is 4. The molecule has 5 rings (SSSR count). The second kappa shape index (κ2) is 7.48. The van der Waals surface area contributed by atoms with Gasteiger partial charge in [-0.3, -0.25) is 14.5 Å². The van der Waals surface area contributed by atoms with E-state index in [0.29, 0.717) is 5.56 Å². The standard InChI is InChI=1S/C26H25N3O3/c1-26(20-13-11-17-7-3-4-9-19(17)15-20)24(31)29(25(32)27-26)16-23(30)28(2)22-14-12-18-8-5-6-10-21(18)22/h3-11,13,15,22H,12,14,16H2,1-2H3,(H,27,32). The summed E-state index contributed by atoms with van der Waals surface area (Å²) in [5.41, 5.74) is 1.88.